The van der Waals surface area contributed by atoms with Gasteiger partial charge >= 0.3 is 0 Å². The molecule has 0 radical (unpaired) electrons. The molecule has 0 aliphatic rings. The molecule has 0 spiro atoms. The van der Waals surface area contributed by atoms with E-state index in [9.17, 15) is 0 Å². The average Bonchev–Trinajstić information content (AvgIpc) is 2.77. The van der Waals surface area contributed by atoms with Crippen molar-refractivity contribution in [2.45, 2.75) is 27.0 Å². The van der Waals surface area contributed by atoms with Crippen LogP contribution in [0.2, 0.25) is 0 Å². The van der Waals surface area contributed by atoms with Gasteiger partial charge in [0.1, 0.15) is 6.61 Å². The van der Waals surface area contributed by atoms with Crippen LogP contribution in [0.5, 0.6) is 11.5 Å². The summed E-state index contributed by atoms with van der Waals surface area (Å²) in [5, 5.41) is 7.49. The first-order valence-electron chi connectivity index (χ1n) is 7.17. The van der Waals surface area contributed by atoms with Crippen LogP contribution in [0.15, 0.2) is 24.3 Å². The molecule has 0 bridgehead atoms. The van der Waals surface area contributed by atoms with Gasteiger partial charge in [0.05, 0.1) is 18.0 Å². The first-order valence-corrected chi connectivity index (χ1v) is 7.17. The Morgan fingerprint density at radius 3 is 2.71 bits per heavy atom. The van der Waals surface area contributed by atoms with Crippen molar-refractivity contribution in [3.8, 4) is 11.5 Å². The van der Waals surface area contributed by atoms with Gasteiger partial charge in [-0.25, -0.2) is 0 Å². The van der Waals surface area contributed by atoms with Crippen molar-refractivity contribution in [2.24, 2.45) is 7.05 Å². The molecule has 5 heteroatoms. The van der Waals surface area contributed by atoms with Crippen LogP contribution >= 0.6 is 0 Å². The molecule has 21 heavy (non-hydrogen) atoms. The summed E-state index contributed by atoms with van der Waals surface area (Å²) >= 11 is 0. The lowest BCUT2D eigenvalue weighted by atomic mass is 10.2. The van der Waals surface area contributed by atoms with Crippen molar-refractivity contribution < 1.29 is 9.47 Å². The summed E-state index contributed by atoms with van der Waals surface area (Å²) in [5.41, 5.74) is 3.11. The second kappa shape index (κ2) is 7.13. The Morgan fingerprint density at radius 1 is 1.29 bits per heavy atom. The Morgan fingerprint density at radius 2 is 2.10 bits per heavy atom. The van der Waals surface area contributed by atoms with Gasteiger partial charge in [-0.3, -0.25) is 4.68 Å². The van der Waals surface area contributed by atoms with Gasteiger partial charge in [-0.15, -0.1) is 0 Å². The van der Waals surface area contributed by atoms with Crippen LogP contribution in [0.1, 0.15) is 23.9 Å². The summed E-state index contributed by atoms with van der Waals surface area (Å²) in [6.45, 7) is 5.77. The highest BCUT2D eigenvalue weighted by Crippen LogP contribution is 2.32. The summed E-state index contributed by atoms with van der Waals surface area (Å²) < 4.78 is 13.5. The minimum absolute atomic E-state index is 0.470. The molecule has 5 nitrogen and oxygen atoms in total. The lowest BCUT2D eigenvalue weighted by molar-refractivity contribution is 0.260. The first kappa shape index (κ1) is 15.4. The number of aromatic nitrogens is 2. The Hall–Kier alpha value is -2.01. The normalized spacial score (nSPS) is 10.7. The maximum Gasteiger partial charge on any atom is 0.166 e. The molecule has 2 aromatic rings. The van der Waals surface area contributed by atoms with E-state index in [2.05, 4.69) is 10.4 Å². The van der Waals surface area contributed by atoms with Gasteiger partial charge in [0.25, 0.3) is 0 Å². The van der Waals surface area contributed by atoms with E-state index in [-0.39, 0.29) is 0 Å². The van der Waals surface area contributed by atoms with Crippen LogP contribution in [0, 0.1) is 6.92 Å². The molecule has 1 heterocycles. The maximum atomic E-state index is 6.03. The van der Waals surface area contributed by atoms with E-state index in [0.717, 1.165) is 35.0 Å². The summed E-state index contributed by atoms with van der Waals surface area (Å²) in [6, 6.07) is 8.00. The Labute approximate surface area is 125 Å². The predicted octanol–water partition coefficient (Wildman–Crippen LogP) is 2.43. The van der Waals surface area contributed by atoms with Crippen LogP contribution in [0.25, 0.3) is 0 Å². The first-order chi connectivity index (χ1) is 10.2. The van der Waals surface area contributed by atoms with Crippen molar-refractivity contribution in [1.82, 2.24) is 15.1 Å². The van der Waals surface area contributed by atoms with Gasteiger partial charge in [-0.1, -0.05) is 12.1 Å². The molecule has 0 amide bonds. The fraction of sp³-hybridized carbons (Fsp3) is 0.438. The number of hydrogen-bond donors (Lipinski definition) is 1. The van der Waals surface area contributed by atoms with Gasteiger partial charge in [0.15, 0.2) is 11.5 Å². The molecule has 0 saturated heterocycles. The van der Waals surface area contributed by atoms with E-state index >= 15 is 0 Å². The molecule has 2 rings (SSSR count). The minimum Gasteiger partial charge on any atom is -0.490 e. The third kappa shape index (κ3) is 3.76. The lowest BCUT2D eigenvalue weighted by Gasteiger charge is -2.16. The third-order valence-corrected chi connectivity index (χ3v) is 3.19. The molecule has 1 aromatic heterocycles. The Kier molecular flexibility index (Phi) is 5.22. The molecule has 0 aliphatic heterocycles. The Bertz CT molecular complexity index is 569. The molecule has 0 unspecified atom stereocenters. The fourth-order valence-electron chi connectivity index (χ4n) is 2.27. The van der Waals surface area contributed by atoms with Crippen molar-refractivity contribution in [1.29, 1.82) is 0 Å². The summed E-state index contributed by atoms with van der Waals surface area (Å²) in [6.07, 6.45) is 0. The van der Waals surface area contributed by atoms with Gasteiger partial charge in [-0.05, 0) is 33.0 Å². The van der Waals surface area contributed by atoms with E-state index in [1.54, 1.807) is 0 Å². The Balaban J connectivity index is 2.22. The molecular formula is C16H23N3O2. The van der Waals surface area contributed by atoms with Gasteiger partial charge in [0.2, 0.25) is 0 Å². The average molecular weight is 289 g/mol. The standard InChI is InChI=1S/C16H23N3O2/c1-5-20-15-8-6-7-13(10-17-3)16(15)21-11-14-9-12(2)18-19(14)4/h6-9,17H,5,10-11H2,1-4H3. The number of nitrogens with one attached hydrogen (secondary N) is 1. The van der Waals surface area contributed by atoms with Crippen LogP contribution in [0.3, 0.4) is 0 Å². The van der Waals surface area contributed by atoms with Crippen LogP contribution in [-0.2, 0) is 20.2 Å². The number of hydrogen-bond acceptors (Lipinski definition) is 4. The van der Waals surface area contributed by atoms with Gasteiger partial charge in [-0.2, -0.15) is 5.10 Å². The SMILES string of the molecule is CCOc1cccc(CNC)c1OCc1cc(C)nn1C. The van der Waals surface area contributed by atoms with Crippen molar-refractivity contribution in [3.63, 3.8) is 0 Å². The number of rotatable bonds is 7. The van der Waals surface area contributed by atoms with E-state index in [4.69, 9.17) is 9.47 Å². The number of para-hydroxylation sites is 1. The number of benzene rings is 1. The van der Waals surface area contributed by atoms with E-state index in [1.807, 2.05) is 56.9 Å². The minimum atomic E-state index is 0.470. The highest BCUT2D eigenvalue weighted by Gasteiger charge is 2.12. The van der Waals surface area contributed by atoms with Crippen LogP contribution < -0.4 is 14.8 Å². The topological polar surface area (TPSA) is 48.3 Å². The lowest BCUT2D eigenvalue weighted by Crippen LogP contribution is -2.10. The van der Waals surface area contributed by atoms with Gasteiger partial charge in [0, 0.05) is 19.2 Å². The van der Waals surface area contributed by atoms with E-state index in [0.29, 0.717) is 13.2 Å². The molecule has 114 valence electrons. The second-order valence-corrected chi connectivity index (χ2v) is 4.90. The maximum absolute atomic E-state index is 6.03. The van der Waals surface area contributed by atoms with Crippen molar-refractivity contribution in [3.05, 3.63) is 41.2 Å². The quantitative estimate of drug-likeness (QED) is 0.850. The monoisotopic (exact) mass is 289 g/mol. The van der Waals surface area contributed by atoms with Gasteiger partial charge < -0.3 is 14.8 Å². The zero-order chi connectivity index (χ0) is 15.2. The summed E-state index contributed by atoms with van der Waals surface area (Å²) in [7, 11) is 3.84. The summed E-state index contributed by atoms with van der Waals surface area (Å²) in [4.78, 5) is 0. The largest absolute Gasteiger partial charge is 0.490 e. The molecule has 1 N–H and O–H groups in total. The van der Waals surface area contributed by atoms with E-state index in [1.165, 1.54) is 0 Å². The molecule has 0 saturated carbocycles. The predicted molar refractivity (Wildman–Crippen MR) is 82.7 cm³/mol. The van der Waals surface area contributed by atoms with Crippen molar-refractivity contribution in [2.75, 3.05) is 13.7 Å². The number of aryl methyl sites for hydroxylation is 2. The fourth-order valence-corrected chi connectivity index (χ4v) is 2.27. The molecular weight excluding hydrogens is 266 g/mol. The van der Waals surface area contributed by atoms with E-state index < -0.39 is 0 Å². The highest BCUT2D eigenvalue weighted by atomic mass is 16.5. The number of nitrogens with zero attached hydrogens (tertiary/aromatic N) is 2. The van der Waals surface area contributed by atoms with Crippen LogP contribution in [0.4, 0.5) is 0 Å². The zero-order valence-corrected chi connectivity index (χ0v) is 13.1. The zero-order valence-electron chi connectivity index (χ0n) is 13.1. The summed E-state index contributed by atoms with van der Waals surface area (Å²) in [5.74, 6) is 1.58. The number of ether oxygens (including phenoxy) is 2. The van der Waals surface area contributed by atoms with Crippen molar-refractivity contribution >= 4 is 0 Å². The third-order valence-electron chi connectivity index (χ3n) is 3.19. The molecule has 1 aromatic carbocycles. The van der Waals surface area contributed by atoms with Crippen LogP contribution in [-0.4, -0.2) is 23.4 Å². The molecule has 0 aliphatic carbocycles. The smallest absolute Gasteiger partial charge is 0.166 e. The highest BCUT2D eigenvalue weighted by molar-refractivity contribution is 5.46. The molecule has 0 fully saturated rings. The molecule has 0 atom stereocenters. The second-order valence-electron chi connectivity index (χ2n) is 4.90.